The summed E-state index contributed by atoms with van der Waals surface area (Å²) in [5.41, 5.74) is 2.28. The number of halogens is 1. The van der Waals surface area contributed by atoms with Crippen molar-refractivity contribution in [2.24, 2.45) is 0 Å². The molecule has 174 valence electrons. The second-order valence-electron chi connectivity index (χ2n) is 7.94. The summed E-state index contributed by atoms with van der Waals surface area (Å²) in [6.07, 6.45) is 0.778. The summed E-state index contributed by atoms with van der Waals surface area (Å²) in [6, 6.07) is 22.0. The van der Waals surface area contributed by atoms with Crippen LogP contribution < -0.4 is 9.62 Å². The fourth-order valence-electron chi connectivity index (χ4n) is 3.87. The molecule has 9 heteroatoms. The van der Waals surface area contributed by atoms with Crippen molar-refractivity contribution in [3.63, 3.8) is 0 Å². The van der Waals surface area contributed by atoms with E-state index in [-0.39, 0.29) is 10.8 Å². The fraction of sp³-hybridized carbons (Fsp3) is 0.200. The topological polar surface area (TPSA) is 93.5 Å². The minimum atomic E-state index is -3.89. The number of nitriles is 1. The summed E-state index contributed by atoms with van der Waals surface area (Å²) in [4.78, 5) is 17.1. The molecule has 0 radical (unpaired) electrons. The Balaban J connectivity index is 1.47. The SMILES string of the molecule is N#Cc1ccc(N2CCCN(C(=O)c3cccc(S(=O)(=O)Nc4cccc(Cl)c4)c3)CC2)cc1. The Labute approximate surface area is 204 Å². The zero-order chi connectivity index (χ0) is 24.1. The van der Waals surface area contributed by atoms with Crippen LogP contribution in [0.2, 0.25) is 5.02 Å². The molecule has 1 aliphatic rings. The molecule has 0 aromatic heterocycles. The monoisotopic (exact) mass is 494 g/mol. The van der Waals surface area contributed by atoms with E-state index in [0.29, 0.717) is 41.5 Å². The zero-order valence-corrected chi connectivity index (χ0v) is 19.9. The van der Waals surface area contributed by atoms with Crippen LogP contribution >= 0.6 is 11.6 Å². The lowest BCUT2D eigenvalue weighted by Gasteiger charge is -2.24. The Hall–Kier alpha value is -3.54. The Bertz CT molecular complexity index is 1340. The highest BCUT2D eigenvalue weighted by atomic mass is 35.5. The molecule has 34 heavy (non-hydrogen) atoms. The molecular formula is C25H23ClN4O3S. The number of carbonyl (C=O) groups excluding carboxylic acids is 1. The maximum absolute atomic E-state index is 13.2. The van der Waals surface area contributed by atoms with Gasteiger partial charge in [-0.1, -0.05) is 23.7 Å². The van der Waals surface area contributed by atoms with E-state index in [1.807, 2.05) is 12.1 Å². The largest absolute Gasteiger partial charge is 0.370 e. The molecule has 3 aromatic rings. The van der Waals surface area contributed by atoms with Crippen LogP contribution in [0.25, 0.3) is 0 Å². The molecule has 0 aliphatic carbocycles. The van der Waals surface area contributed by atoms with Crippen LogP contribution in [0.4, 0.5) is 11.4 Å². The quantitative estimate of drug-likeness (QED) is 0.568. The Morgan fingerprint density at radius 3 is 2.44 bits per heavy atom. The second-order valence-corrected chi connectivity index (χ2v) is 10.1. The molecule has 1 aliphatic heterocycles. The van der Waals surface area contributed by atoms with Crippen LogP contribution in [0.5, 0.6) is 0 Å². The molecule has 1 saturated heterocycles. The van der Waals surface area contributed by atoms with Gasteiger partial charge in [0, 0.05) is 42.5 Å². The van der Waals surface area contributed by atoms with Gasteiger partial charge in [0.15, 0.2) is 0 Å². The zero-order valence-electron chi connectivity index (χ0n) is 18.3. The predicted octanol–water partition coefficient (Wildman–Crippen LogP) is 4.36. The molecule has 1 amide bonds. The van der Waals surface area contributed by atoms with Gasteiger partial charge in [-0.25, -0.2) is 8.42 Å². The number of hydrogen-bond donors (Lipinski definition) is 1. The number of nitrogens with one attached hydrogen (secondary N) is 1. The van der Waals surface area contributed by atoms with Gasteiger partial charge < -0.3 is 9.80 Å². The summed E-state index contributed by atoms with van der Waals surface area (Å²) < 4.78 is 28.2. The van der Waals surface area contributed by atoms with Crippen LogP contribution in [0.1, 0.15) is 22.3 Å². The van der Waals surface area contributed by atoms with Crippen molar-refractivity contribution in [3.05, 3.63) is 88.9 Å². The van der Waals surface area contributed by atoms with Gasteiger partial charge in [-0.15, -0.1) is 0 Å². The van der Waals surface area contributed by atoms with Crippen molar-refractivity contribution in [2.75, 3.05) is 35.8 Å². The van der Waals surface area contributed by atoms with Gasteiger partial charge in [-0.05, 0) is 67.1 Å². The third-order valence-corrected chi connectivity index (χ3v) is 7.23. The van der Waals surface area contributed by atoms with Gasteiger partial charge in [0.05, 0.1) is 22.2 Å². The number of benzene rings is 3. The summed E-state index contributed by atoms with van der Waals surface area (Å²) in [5.74, 6) is -0.207. The molecule has 1 fully saturated rings. The maximum atomic E-state index is 13.2. The third kappa shape index (κ3) is 5.50. The van der Waals surface area contributed by atoms with Crippen LogP contribution in [-0.2, 0) is 10.0 Å². The molecule has 0 bridgehead atoms. The van der Waals surface area contributed by atoms with E-state index >= 15 is 0 Å². The fourth-order valence-corrected chi connectivity index (χ4v) is 5.16. The van der Waals surface area contributed by atoms with Crippen LogP contribution in [0, 0.1) is 11.3 Å². The number of sulfonamides is 1. The predicted molar refractivity (Wildman–Crippen MR) is 133 cm³/mol. The lowest BCUT2D eigenvalue weighted by Crippen LogP contribution is -2.35. The van der Waals surface area contributed by atoms with E-state index in [1.54, 1.807) is 47.4 Å². The van der Waals surface area contributed by atoms with Gasteiger partial charge in [0.25, 0.3) is 15.9 Å². The molecule has 1 heterocycles. The minimum Gasteiger partial charge on any atom is -0.370 e. The van der Waals surface area contributed by atoms with E-state index < -0.39 is 10.0 Å². The first kappa shape index (κ1) is 23.6. The normalized spacial score (nSPS) is 14.2. The van der Waals surface area contributed by atoms with Crippen molar-refractivity contribution in [1.82, 2.24) is 4.90 Å². The van der Waals surface area contributed by atoms with E-state index in [2.05, 4.69) is 15.7 Å². The van der Waals surface area contributed by atoms with Crippen molar-refractivity contribution in [3.8, 4) is 6.07 Å². The van der Waals surface area contributed by atoms with Crippen LogP contribution in [0.15, 0.2) is 77.7 Å². The van der Waals surface area contributed by atoms with Crippen molar-refractivity contribution < 1.29 is 13.2 Å². The molecule has 4 rings (SSSR count). The van der Waals surface area contributed by atoms with Gasteiger partial charge in [-0.2, -0.15) is 5.26 Å². The number of nitrogens with zero attached hydrogens (tertiary/aromatic N) is 3. The molecule has 0 atom stereocenters. The maximum Gasteiger partial charge on any atom is 0.261 e. The third-order valence-electron chi connectivity index (χ3n) is 5.61. The van der Waals surface area contributed by atoms with Crippen molar-refractivity contribution >= 4 is 38.9 Å². The second kappa shape index (κ2) is 10.2. The van der Waals surface area contributed by atoms with Crippen molar-refractivity contribution in [1.29, 1.82) is 5.26 Å². The summed E-state index contributed by atoms with van der Waals surface area (Å²) >= 11 is 5.95. The minimum absolute atomic E-state index is 0.00681. The highest BCUT2D eigenvalue weighted by Gasteiger charge is 2.23. The van der Waals surface area contributed by atoms with E-state index in [1.165, 1.54) is 18.2 Å². The molecule has 3 aromatic carbocycles. The molecule has 0 spiro atoms. The van der Waals surface area contributed by atoms with Gasteiger partial charge in [-0.3, -0.25) is 9.52 Å². The first-order valence-corrected chi connectivity index (χ1v) is 12.6. The smallest absolute Gasteiger partial charge is 0.261 e. The van der Waals surface area contributed by atoms with Gasteiger partial charge >= 0.3 is 0 Å². The Kier molecular flexibility index (Phi) is 7.06. The number of anilines is 2. The summed E-state index contributed by atoms with van der Waals surface area (Å²) in [7, 11) is -3.89. The number of amides is 1. The molecule has 0 saturated carbocycles. The standard InChI is InChI=1S/C25H23ClN4O3S/c26-21-5-2-6-22(17-21)28-34(32,33)24-7-1-4-20(16-24)25(31)30-13-3-12-29(14-15-30)23-10-8-19(18-27)9-11-23/h1-2,4-11,16-17,28H,3,12-15H2. The lowest BCUT2D eigenvalue weighted by atomic mass is 10.2. The van der Waals surface area contributed by atoms with E-state index in [4.69, 9.17) is 16.9 Å². The average molecular weight is 495 g/mol. The summed E-state index contributed by atoms with van der Waals surface area (Å²) in [6.45, 7) is 2.51. The number of hydrogen-bond acceptors (Lipinski definition) is 5. The molecule has 1 N–H and O–H groups in total. The average Bonchev–Trinajstić information content (AvgIpc) is 3.10. The molecular weight excluding hydrogens is 472 g/mol. The number of carbonyl (C=O) groups is 1. The highest BCUT2D eigenvalue weighted by molar-refractivity contribution is 7.92. The summed E-state index contributed by atoms with van der Waals surface area (Å²) in [5, 5.41) is 9.40. The highest BCUT2D eigenvalue weighted by Crippen LogP contribution is 2.22. The lowest BCUT2D eigenvalue weighted by molar-refractivity contribution is 0.0767. The van der Waals surface area contributed by atoms with Gasteiger partial charge in [0.1, 0.15) is 0 Å². The Morgan fingerprint density at radius 1 is 0.941 bits per heavy atom. The molecule has 0 unspecified atom stereocenters. The van der Waals surface area contributed by atoms with E-state index in [9.17, 15) is 13.2 Å². The van der Waals surface area contributed by atoms with Crippen LogP contribution in [-0.4, -0.2) is 45.4 Å². The number of rotatable bonds is 5. The molecule has 7 nitrogen and oxygen atoms in total. The first-order chi connectivity index (χ1) is 16.4. The van der Waals surface area contributed by atoms with E-state index in [0.717, 1.165) is 18.7 Å². The van der Waals surface area contributed by atoms with Crippen LogP contribution in [0.3, 0.4) is 0 Å². The van der Waals surface area contributed by atoms with Gasteiger partial charge in [0.2, 0.25) is 0 Å². The van der Waals surface area contributed by atoms with Crippen molar-refractivity contribution in [2.45, 2.75) is 11.3 Å². The Morgan fingerprint density at radius 2 is 1.71 bits per heavy atom. The first-order valence-electron chi connectivity index (χ1n) is 10.8.